The Bertz CT molecular complexity index is 1020. The molecule has 0 saturated heterocycles. The highest BCUT2D eigenvalue weighted by Gasteiger charge is 2.33. The van der Waals surface area contributed by atoms with E-state index >= 15 is 0 Å². The highest BCUT2D eigenvalue weighted by Crippen LogP contribution is 2.41. The first-order valence-electron chi connectivity index (χ1n) is 8.96. The Hall–Kier alpha value is -3.59. The fourth-order valence-corrected chi connectivity index (χ4v) is 3.29. The molecule has 1 aliphatic rings. The number of rotatable bonds is 5. The first-order chi connectivity index (χ1) is 14.4. The summed E-state index contributed by atoms with van der Waals surface area (Å²) in [5, 5.41) is 13.5. The van der Waals surface area contributed by atoms with Crippen molar-refractivity contribution in [2.24, 2.45) is 0 Å². The van der Waals surface area contributed by atoms with Crippen LogP contribution in [0.4, 0.5) is 0 Å². The van der Waals surface area contributed by atoms with Crippen molar-refractivity contribution < 1.29 is 33.6 Å². The Morgan fingerprint density at radius 1 is 1.07 bits per heavy atom. The van der Waals surface area contributed by atoms with Crippen molar-refractivity contribution in [1.29, 1.82) is 0 Å². The van der Waals surface area contributed by atoms with E-state index in [4.69, 9.17) is 18.9 Å². The number of carbonyl (C=O) groups is 2. The highest BCUT2D eigenvalue weighted by molar-refractivity contribution is 6.01. The van der Waals surface area contributed by atoms with Crippen molar-refractivity contribution in [3.05, 3.63) is 46.8 Å². The molecule has 3 rings (SSSR count). The summed E-state index contributed by atoms with van der Waals surface area (Å²) in [5.41, 5.74) is 1.34. The summed E-state index contributed by atoms with van der Waals surface area (Å²) in [4.78, 5) is 29.2. The van der Waals surface area contributed by atoms with Gasteiger partial charge < -0.3 is 29.4 Å². The zero-order chi connectivity index (χ0) is 22.0. The number of esters is 1. The maximum absolute atomic E-state index is 12.5. The van der Waals surface area contributed by atoms with Gasteiger partial charge in [-0.05, 0) is 31.2 Å². The fraction of sp³-hybridized carbons (Fsp3) is 0.286. The van der Waals surface area contributed by atoms with Crippen LogP contribution >= 0.6 is 0 Å². The van der Waals surface area contributed by atoms with Crippen molar-refractivity contribution in [3.63, 3.8) is 0 Å². The van der Waals surface area contributed by atoms with Crippen LogP contribution in [0.15, 0.2) is 35.5 Å². The largest absolute Gasteiger partial charge is 0.493 e. The number of nitrogens with one attached hydrogen (secondary N) is 1. The monoisotopic (exact) mass is 414 g/mol. The zero-order valence-corrected chi connectivity index (χ0v) is 17.2. The van der Waals surface area contributed by atoms with Crippen molar-refractivity contribution in [1.82, 2.24) is 10.3 Å². The number of hydrogen-bond acceptors (Lipinski definition) is 8. The average molecular weight is 414 g/mol. The summed E-state index contributed by atoms with van der Waals surface area (Å²) < 4.78 is 20.8. The van der Waals surface area contributed by atoms with Gasteiger partial charge in [-0.2, -0.15) is 0 Å². The van der Waals surface area contributed by atoms with Gasteiger partial charge in [0.2, 0.25) is 5.75 Å². The Morgan fingerprint density at radius 3 is 2.23 bits per heavy atom. The van der Waals surface area contributed by atoms with Gasteiger partial charge in [-0.3, -0.25) is 4.79 Å². The second kappa shape index (κ2) is 8.42. The molecule has 2 heterocycles. The number of benzene rings is 1. The van der Waals surface area contributed by atoms with E-state index in [0.29, 0.717) is 28.5 Å². The molecule has 0 spiro atoms. The fourth-order valence-electron chi connectivity index (χ4n) is 3.29. The summed E-state index contributed by atoms with van der Waals surface area (Å²) in [6.45, 7) is 1.51. The van der Waals surface area contributed by atoms with E-state index in [-0.39, 0.29) is 22.5 Å². The van der Waals surface area contributed by atoms with Gasteiger partial charge >= 0.3 is 5.97 Å². The van der Waals surface area contributed by atoms with E-state index < -0.39 is 18.0 Å². The molecule has 2 N–H and O–H groups in total. The standard InChI is InChI=1S/C21H22N2O7/c1-10-16(21(26)30-5)18(24)17-12(20(25)22-10)6-7-13(23-17)11-8-14(27-2)19(29-4)15(9-11)28-3/h6-9,18,24H,1-5H3,(H,22,25). The molecule has 0 aliphatic carbocycles. The number of ether oxygens (including phenoxy) is 4. The van der Waals surface area contributed by atoms with Gasteiger partial charge in [0.05, 0.1) is 51.0 Å². The molecule has 1 unspecified atom stereocenters. The maximum atomic E-state index is 12.5. The molecule has 1 aromatic heterocycles. The summed E-state index contributed by atoms with van der Waals surface area (Å²) in [6, 6.07) is 6.56. The highest BCUT2D eigenvalue weighted by atomic mass is 16.5. The SMILES string of the molecule is COC(=O)C1=C(C)NC(=O)c2ccc(-c3cc(OC)c(OC)c(OC)c3)nc2C1O. The van der Waals surface area contributed by atoms with Crippen LogP contribution in [0.1, 0.15) is 29.1 Å². The number of aliphatic hydroxyl groups is 1. The van der Waals surface area contributed by atoms with Crippen LogP contribution < -0.4 is 19.5 Å². The van der Waals surface area contributed by atoms with Crippen LogP contribution in [-0.4, -0.2) is 50.4 Å². The molecule has 1 aliphatic heterocycles. The summed E-state index contributed by atoms with van der Waals surface area (Å²) in [6.07, 6.45) is -1.45. The summed E-state index contributed by atoms with van der Waals surface area (Å²) >= 11 is 0. The number of fused-ring (bicyclic) bond motifs is 1. The van der Waals surface area contributed by atoms with E-state index in [9.17, 15) is 14.7 Å². The van der Waals surface area contributed by atoms with E-state index in [0.717, 1.165) is 0 Å². The Labute approximate surface area is 173 Å². The number of aliphatic hydroxyl groups excluding tert-OH is 1. The summed E-state index contributed by atoms with van der Waals surface area (Å²) in [7, 11) is 5.69. The number of pyridine rings is 1. The number of aromatic nitrogens is 1. The van der Waals surface area contributed by atoms with E-state index in [2.05, 4.69) is 10.3 Å². The molecule has 0 radical (unpaired) electrons. The first kappa shape index (κ1) is 21.1. The second-order valence-corrected chi connectivity index (χ2v) is 6.43. The lowest BCUT2D eigenvalue weighted by molar-refractivity contribution is -0.137. The lowest BCUT2D eigenvalue weighted by atomic mass is 10.0. The van der Waals surface area contributed by atoms with Gasteiger partial charge in [-0.1, -0.05) is 0 Å². The quantitative estimate of drug-likeness (QED) is 0.714. The van der Waals surface area contributed by atoms with E-state index in [1.165, 1.54) is 41.4 Å². The molecule has 158 valence electrons. The Balaban J connectivity index is 2.18. The van der Waals surface area contributed by atoms with Crippen LogP contribution in [0.5, 0.6) is 17.2 Å². The predicted octanol–water partition coefficient (Wildman–Crippen LogP) is 2.00. The van der Waals surface area contributed by atoms with Crippen molar-refractivity contribution in [2.45, 2.75) is 13.0 Å². The normalized spacial score (nSPS) is 15.7. The van der Waals surface area contributed by atoms with Gasteiger partial charge in [-0.25, -0.2) is 9.78 Å². The molecule has 1 atom stereocenters. The predicted molar refractivity (Wildman–Crippen MR) is 106 cm³/mol. The third-order valence-electron chi connectivity index (χ3n) is 4.77. The molecule has 30 heavy (non-hydrogen) atoms. The number of amides is 1. The van der Waals surface area contributed by atoms with Crippen LogP contribution in [0.2, 0.25) is 0 Å². The van der Waals surface area contributed by atoms with E-state index in [1.54, 1.807) is 18.2 Å². The van der Waals surface area contributed by atoms with Crippen LogP contribution in [0.3, 0.4) is 0 Å². The molecule has 2 aromatic rings. The minimum absolute atomic E-state index is 0.0380. The van der Waals surface area contributed by atoms with Crippen molar-refractivity contribution in [2.75, 3.05) is 28.4 Å². The molecule has 0 saturated carbocycles. The third kappa shape index (κ3) is 3.55. The molecule has 1 amide bonds. The number of carbonyl (C=O) groups excluding carboxylic acids is 2. The van der Waals surface area contributed by atoms with Crippen molar-refractivity contribution >= 4 is 11.9 Å². The number of hydrogen-bond donors (Lipinski definition) is 2. The third-order valence-corrected chi connectivity index (χ3v) is 4.77. The molecular weight excluding hydrogens is 392 g/mol. The molecule has 0 bridgehead atoms. The van der Waals surface area contributed by atoms with Gasteiger partial charge in [0.15, 0.2) is 11.5 Å². The molecule has 9 nitrogen and oxygen atoms in total. The lowest BCUT2D eigenvalue weighted by Gasteiger charge is -2.16. The number of allylic oxidation sites excluding steroid dienone is 1. The topological polar surface area (TPSA) is 116 Å². The molecule has 1 aromatic carbocycles. The Morgan fingerprint density at radius 2 is 1.70 bits per heavy atom. The lowest BCUT2D eigenvalue weighted by Crippen LogP contribution is -2.22. The van der Waals surface area contributed by atoms with Gasteiger partial charge in [-0.15, -0.1) is 0 Å². The number of methoxy groups -OCH3 is 4. The van der Waals surface area contributed by atoms with Crippen molar-refractivity contribution in [3.8, 4) is 28.5 Å². The van der Waals surface area contributed by atoms with Crippen LogP contribution in [0, 0.1) is 0 Å². The molecular formula is C21H22N2O7. The smallest absolute Gasteiger partial charge is 0.338 e. The van der Waals surface area contributed by atoms with Crippen LogP contribution in [0.25, 0.3) is 11.3 Å². The van der Waals surface area contributed by atoms with Gasteiger partial charge in [0, 0.05) is 11.3 Å². The minimum Gasteiger partial charge on any atom is -0.493 e. The van der Waals surface area contributed by atoms with E-state index in [1.807, 2.05) is 0 Å². The average Bonchev–Trinajstić information content (AvgIpc) is 2.85. The summed E-state index contributed by atoms with van der Waals surface area (Å²) in [5.74, 6) is 0.0303. The Kier molecular flexibility index (Phi) is 5.93. The molecule has 9 heteroatoms. The van der Waals surface area contributed by atoms with Gasteiger partial charge in [0.1, 0.15) is 6.10 Å². The second-order valence-electron chi connectivity index (χ2n) is 6.43. The molecule has 0 fully saturated rings. The zero-order valence-electron chi connectivity index (χ0n) is 17.2. The first-order valence-corrected chi connectivity index (χ1v) is 8.96. The van der Waals surface area contributed by atoms with Crippen LogP contribution in [-0.2, 0) is 9.53 Å². The number of nitrogens with zero attached hydrogens (tertiary/aromatic N) is 1. The van der Waals surface area contributed by atoms with Gasteiger partial charge in [0.25, 0.3) is 5.91 Å². The maximum Gasteiger partial charge on any atom is 0.338 e. The minimum atomic E-state index is -1.45.